The van der Waals surface area contributed by atoms with Crippen LogP contribution in [-0.2, 0) is 0 Å². The van der Waals surface area contributed by atoms with Crippen LogP contribution in [0.2, 0.25) is 0 Å². The quantitative estimate of drug-likeness (QED) is 0.912. The van der Waals surface area contributed by atoms with Crippen molar-refractivity contribution in [1.29, 1.82) is 5.26 Å². The average molecular weight is 310 g/mol. The first-order chi connectivity index (χ1) is 10.9. The van der Waals surface area contributed by atoms with Gasteiger partial charge in [-0.3, -0.25) is 0 Å². The Kier molecular flexibility index (Phi) is 5.36. The predicted molar refractivity (Wildman–Crippen MR) is 90.0 cm³/mol. The molecule has 0 aliphatic heterocycles. The fraction of sp³-hybridized carbons (Fsp3) is 0.368. The molecule has 0 aliphatic rings. The lowest BCUT2D eigenvalue weighted by Gasteiger charge is -2.22. The maximum Gasteiger partial charge on any atom is 0.232 e. The molecular formula is C19H22N2O2. The van der Waals surface area contributed by atoms with Gasteiger partial charge in [-0.25, -0.2) is 4.98 Å². The number of aliphatic hydroxyl groups is 1. The second-order valence-corrected chi connectivity index (χ2v) is 6.75. The first-order valence-electron chi connectivity index (χ1n) is 7.66. The maximum atomic E-state index is 10.1. The summed E-state index contributed by atoms with van der Waals surface area (Å²) in [6.45, 7) is 6.30. The number of benzene rings is 1. The van der Waals surface area contributed by atoms with Crippen molar-refractivity contribution in [2.24, 2.45) is 5.41 Å². The van der Waals surface area contributed by atoms with Crippen LogP contribution in [0.5, 0.6) is 5.88 Å². The third kappa shape index (κ3) is 4.80. The second-order valence-electron chi connectivity index (χ2n) is 6.75. The predicted octanol–water partition coefficient (Wildman–Crippen LogP) is 3.80. The van der Waals surface area contributed by atoms with E-state index in [9.17, 15) is 10.4 Å². The van der Waals surface area contributed by atoms with E-state index in [-0.39, 0.29) is 17.9 Å². The highest BCUT2D eigenvalue weighted by Crippen LogP contribution is 2.28. The Balaban J connectivity index is 2.19. The molecule has 0 saturated carbocycles. The molecule has 2 aromatic rings. The zero-order valence-corrected chi connectivity index (χ0v) is 13.8. The Hall–Kier alpha value is -2.38. The normalized spacial score (nSPS) is 12.5. The van der Waals surface area contributed by atoms with Crippen LogP contribution in [-0.4, -0.2) is 22.8 Å². The van der Waals surface area contributed by atoms with Gasteiger partial charge in [0.05, 0.1) is 6.10 Å². The van der Waals surface area contributed by atoms with E-state index in [1.165, 1.54) is 0 Å². The number of pyridine rings is 1. The number of aliphatic hydroxyl groups excluding tert-OH is 1. The lowest BCUT2D eigenvalue weighted by molar-refractivity contribution is 0.0691. The molecule has 0 spiro atoms. The SMILES string of the molecule is CC(C)(C)CC(O)COc1nccc(-c2ccccc2)c1C#N. The van der Waals surface area contributed by atoms with E-state index in [1.54, 1.807) is 12.3 Å². The van der Waals surface area contributed by atoms with Gasteiger partial charge in [0.25, 0.3) is 0 Å². The van der Waals surface area contributed by atoms with Gasteiger partial charge in [-0.15, -0.1) is 0 Å². The number of ether oxygens (including phenoxy) is 1. The summed E-state index contributed by atoms with van der Waals surface area (Å²) >= 11 is 0. The number of nitrogens with zero attached hydrogens (tertiary/aromatic N) is 2. The molecule has 23 heavy (non-hydrogen) atoms. The number of aromatic nitrogens is 1. The molecule has 120 valence electrons. The highest BCUT2D eigenvalue weighted by atomic mass is 16.5. The van der Waals surface area contributed by atoms with Crippen molar-refractivity contribution in [3.63, 3.8) is 0 Å². The van der Waals surface area contributed by atoms with E-state index in [2.05, 4.69) is 31.8 Å². The van der Waals surface area contributed by atoms with E-state index in [0.717, 1.165) is 11.1 Å². The van der Waals surface area contributed by atoms with Gasteiger partial charge in [0.1, 0.15) is 18.2 Å². The molecule has 1 aromatic carbocycles. The molecule has 0 fully saturated rings. The van der Waals surface area contributed by atoms with Crippen molar-refractivity contribution in [2.45, 2.75) is 33.3 Å². The molecule has 1 aromatic heterocycles. The zero-order chi connectivity index (χ0) is 16.9. The van der Waals surface area contributed by atoms with Gasteiger partial charge in [-0.05, 0) is 23.5 Å². The Morgan fingerprint density at radius 1 is 1.22 bits per heavy atom. The zero-order valence-electron chi connectivity index (χ0n) is 13.8. The van der Waals surface area contributed by atoms with Gasteiger partial charge in [-0.1, -0.05) is 51.1 Å². The van der Waals surface area contributed by atoms with Crippen LogP contribution >= 0.6 is 0 Å². The van der Waals surface area contributed by atoms with E-state index < -0.39 is 6.10 Å². The standard InChI is InChI=1S/C19H22N2O2/c1-19(2,3)11-15(22)13-23-18-17(12-20)16(9-10-21-18)14-7-5-4-6-8-14/h4-10,15,22H,11,13H2,1-3H3. The molecule has 1 atom stereocenters. The monoisotopic (exact) mass is 310 g/mol. The maximum absolute atomic E-state index is 10.1. The Bertz CT molecular complexity index is 685. The molecule has 0 aliphatic carbocycles. The molecule has 0 saturated heterocycles. The lowest BCUT2D eigenvalue weighted by Crippen LogP contribution is -2.24. The summed E-state index contributed by atoms with van der Waals surface area (Å²) in [5.41, 5.74) is 2.12. The molecule has 0 radical (unpaired) electrons. The molecule has 1 heterocycles. The van der Waals surface area contributed by atoms with E-state index in [1.807, 2.05) is 30.3 Å². The van der Waals surface area contributed by atoms with Gasteiger partial charge in [0.15, 0.2) is 0 Å². The summed E-state index contributed by atoms with van der Waals surface area (Å²) in [6.07, 6.45) is 1.64. The molecule has 1 N–H and O–H groups in total. The first kappa shape index (κ1) is 17.0. The lowest BCUT2D eigenvalue weighted by atomic mass is 9.89. The van der Waals surface area contributed by atoms with Crippen molar-refractivity contribution in [3.05, 3.63) is 48.2 Å². The average Bonchev–Trinajstić information content (AvgIpc) is 2.51. The minimum absolute atomic E-state index is 0.0140. The third-order valence-electron chi connectivity index (χ3n) is 3.37. The number of hydrogen-bond acceptors (Lipinski definition) is 4. The number of rotatable bonds is 5. The minimum Gasteiger partial charge on any atom is -0.474 e. The van der Waals surface area contributed by atoms with E-state index in [0.29, 0.717) is 12.0 Å². The van der Waals surface area contributed by atoms with Crippen LogP contribution in [0.25, 0.3) is 11.1 Å². The van der Waals surface area contributed by atoms with Crippen molar-refractivity contribution in [2.75, 3.05) is 6.61 Å². The van der Waals surface area contributed by atoms with E-state index >= 15 is 0 Å². The van der Waals surface area contributed by atoms with Crippen molar-refractivity contribution in [3.8, 4) is 23.1 Å². The molecule has 1 unspecified atom stereocenters. The topological polar surface area (TPSA) is 66.1 Å². The summed E-state index contributed by atoms with van der Waals surface area (Å²) in [5, 5.41) is 19.5. The Labute approximate surface area is 137 Å². The summed E-state index contributed by atoms with van der Waals surface area (Å²) in [6, 6.07) is 13.6. The third-order valence-corrected chi connectivity index (χ3v) is 3.37. The minimum atomic E-state index is -0.594. The molecular weight excluding hydrogens is 288 g/mol. The van der Waals surface area contributed by atoms with Gasteiger partial charge >= 0.3 is 0 Å². The number of nitriles is 1. The Morgan fingerprint density at radius 3 is 2.52 bits per heavy atom. The fourth-order valence-corrected chi connectivity index (χ4v) is 2.46. The Morgan fingerprint density at radius 2 is 1.91 bits per heavy atom. The summed E-state index contributed by atoms with van der Waals surface area (Å²) in [4.78, 5) is 4.15. The largest absolute Gasteiger partial charge is 0.474 e. The van der Waals surface area contributed by atoms with Crippen LogP contribution in [0.3, 0.4) is 0 Å². The van der Waals surface area contributed by atoms with Crippen molar-refractivity contribution >= 4 is 0 Å². The van der Waals surface area contributed by atoms with E-state index in [4.69, 9.17) is 4.74 Å². The highest BCUT2D eigenvalue weighted by Gasteiger charge is 2.19. The smallest absolute Gasteiger partial charge is 0.232 e. The summed E-state index contributed by atoms with van der Waals surface area (Å²) in [7, 11) is 0. The van der Waals surface area contributed by atoms with Crippen LogP contribution in [0, 0.1) is 16.7 Å². The van der Waals surface area contributed by atoms with Crippen molar-refractivity contribution in [1.82, 2.24) is 4.98 Å². The summed E-state index contributed by atoms with van der Waals surface area (Å²) in [5.74, 6) is 0.266. The first-order valence-corrected chi connectivity index (χ1v) is 7.66. The van der Waals surface area contributed by atoms with Crippen LogP contribution < -0.4 is 4.74 Å². The molecule has 2 rings (SSSR count). The molecule has 0 amide bonds. The highest BCUT2D eigenvalue weighted by molar-refractivity contribution is 5.72. The molecule has 4 heteroatoms. The van der Waals surface area contributed by atoms with Gasteiger partial charge in [-0.2, -0.15) is 5.26 Å². The molecule has 4 nitrogen and oxygen atoms in total. The molecule has 0 bridgehead atoms. The van der Waals surface area contributed by atoms with Gasteiger partial charge in [0.2, 0.25) is 5.88 Å². The number of hydrogen-bond donors (Lipinski definition) is 1. The van der Waals surface area contributed by atoms with Crippen LogP contribution in [0.1, 0.15) is 32.8 Å². The van der Waals surface area contributed by atoms with Crippen LogP contribution in [0.4, 0.5) is 0 Å². The van der Waals surface area contributed by atoms with Gasteiger partial charge in [0, 0.05) is 11.8 Å². The summed E-state index contributed by atoms with van der Waals surface area (Å²) < 4.78 is 5.61. The van der Waals surface area contributed by atoms with Crippen molar-refractivity contribution < 1.29 is 9.84 Å². The van der Waals surface area contributed by atoms with Gasteiger partial charge < -0.3 is 9.84 Å². The fourth-order valence-electron chi connectivity index (χ4n) is 2.46. The van der Waals surface area contributed by atoms with Crippen LogP contribution in [0.15, 0.2) is 42.6 Å². The second kappa shape index (κ2) is 7.26.